The van der Waals surface area contributed by atoms with E-state index in [0.29, 0.717) is 18.2 Å². The second kappa shape index (κ2) is 8.82. The Bertz CT molecular complexity index is 801. The van der Waals surface area contributed by atoms with Gasteiger partial charge in [-0.3, -0.25) is 9.59 Å². The molecule has 1 saturated heterocycles. The number of hydrogen-bond acceptors (Lipinski definition) is 3. The number of nitrogens with two attached hydrogens (primary N) is 1. The van der Waals surface area contributed by atoms with Gasteiger partial charge in [-0.1, -0.05) is 36.4 Å². The van der Waals surface area contributed by atoms with E-state index < -0.39 is 0 Å². The van der Waals surface area contributed by atoms with Crippen molar-refractivity contribution in [2.45, 2.75) is 31.7 Å². The van der Waals surface area contributed by atoms with Crippen molar-refractivity contribution in [2.75, 3.05) is 20.1 Å². The van der Waals surface area contributed by atoms with Crippen LogP contribution in [0.1, 0.15) is 35.2 Å². The highest BCUT2D eigenvalue weighted by Gasteiger charge is 2.20. The van der Waals surface area contributed by atoms with Crippen LogP contribution in [0.5, 0.6) is 0 Å². The third-order valence-electron chi connectivity index (χ3n) is 5.23. The molecular formula is C22H27N3O2. The molecule has 1 aliphatic heterocycles. The highest BCUT2D eigenvalue weighted by molar-refractivity contribution is 5.95. The SMILES string of the molecule is CN1CCCC1CCNC(=O)c1cccc(-c2ccc(CC(N)=O)cc2)c1. The van der Waals surface area contributed by atoms with Crippen molar-refractivity contribution in [2.24, 2.45) is 5.73 Å². The number of likely N-dealkylation sites (tertiary alicyclic amines) is 1. The van der Waals surface area contributed by atoms with Crippen LogP contribution in [0.15, 0.2) is 48.5 Å². The smallest absolute Gasteiger partial charge is 0.251 e. The minimum atomic E-state index is -0.342. The summed E-state index contributed by atoms with van der Waals surface area (Å²) in [6, 6.07) is 15.9. The summed E-state index contributed by atoms with van der Waals surface area (Å²) < 4.78 is 0. The number of carbonyl (C=O) groups is 2. The van der Waals surface area contributed by atoms with E-state index in [1.54, 1.807) is 0 Å². The predicted molar refractivity (Wildman–Crippen MR) is 107 cm³/mol. The third kappa shape index (κ3) is 5.17. The van der Waals surface area contributed by atoms with Gasteiger partial charge in [0.2, 0.25) is 5.91 Å². The summed E-state index contributed by atoms with van der Waals surface area (Å²) >= 11 is 0. The van der Waals surface area contributed by atoms with Crippen molar-refractivity contribution in [3.05, 3.63) is 59.7 Å². The quantitative estimate of drug-likeness (QED) is 0.792. The van der Waals surface area contributed by atoms with Crippen molar-refractivity contribution < 1.29 is 9.59 Å². The molecule has 0 radical (unpaired) electrons. The van der Waals surface area contributed by atoms with Crippen molar-refractivity contribution in [3.8, 4) is 11.1 Å². The van der Waals surface area contributed by atoms with E-state index in [9.17, 15) is 9.59 Å². The molecule has 0 saturated carbocycles. The molecule has 0 aliphatic carbocycles. The molecule has 2 aromatic rings. The van der Waals surface area contributed by atoms with Gasteiger partial charge in [0.05, 0.1) is 6.42 Å². The van der Waals surface area contributed by atoms with E-state index in [0.717, 1.165) is 29.7 Å². The van der Waals surface area contributed by atoms with Gasteiger partial charge in [-0.25, -0.2) is 0 Å². The van der Waals surface area contributed by atoms with Crippen LogP contribution >= 0.6 is 0 Å². The lowest BCUT2D eigenvalue weighted by Gasteiger charge is -2.19. The Kier molecular flexibility index (Phi) is 6.24. The minimum absolute atomic E-state index is 0.0390. The van der Waals surface area contributed by atoms with Crippen LogP contribution < -0.4 is 11.1 Å². The second-order valence-electron chi connectivity index (χ2n) is 7.24. The van der Waals surface area contributed by atoms with Crippen LogP contribution in [0.25, 0.3) is 11.1 Å². The predicted octanol–water partition coefficient (Wildman–Crippen LogP) is 2.60. The molecule has 27 heavy (non-hydrogen) atoms. The Balaban J connectivity index is 1.60. The fraction of sp³-hybridized carbons (Fsp3) is 0.364. The first-order valence-corrected chi connectivity index (χ1v) is 9.49. The van der Waals surface area contributed by atoms with Gasteiger partial charge in [0.25, 0.3) is 5.91 Å². The fourth-order valence-electron chi connectivity index (χ4n) is 3.65. The van der Waals surface area contributed by atoms with Crippen LogP contribution in [0, 0.1) is 0 Å². The lowest BCUT2D eigenvalue weighted by molar-refractivity contribution is -0.117. The minimum Gasteiger partial charge on any atom is -0.369 e. The maximum absolute atomic E-state index is 12.5. The zero-order valence-corrected chi connectivity index (χ0v) is 15.8. The van der Waals surface area contributed by atoms with Gasteiger partial charge >= 0.3 is 0 Å². The largest absolute Gasteiger partial charge is 0.369 e. The molecule has 1 heterocycles. The Hall–Kier alpha value is -2.66. The van der Waals surface area contributed by atoms with Gasteiger partial charge in [0.15, 0.2) is 0 Å². The standard InChI is InChI=1S/C22H27N3O2/c1-25-13-3-6-20(25)11-12-24-22(27)19-5-2-4-18(15-19)17-9-7-16(8-10-17)14-21(23)26/h2,4-5,7-10,15,20H,3,6,11-14H2,1H3,(H2,23,26)(H,24,27). The molecular weight excluding hydrogens is 338 g/mol. The van der Waals surface area contributed by atoms with E-state index in [1.807, 2.05) is 48.5 Å². The molecule has 0 aromatic heterocycles. The normalized spacial score (nSPS) is 17.0. The molecule has 1 aliphatic rings. The van der Waals surface area contributed by atoms with Crippen LogP contribution in [0.2, 0.25) is 0 Å². The molecule has 142 valence electrons. The summed E-state index contributed by atoms with van der Waals surface area (Å²) in [5.41, 5.74) is 8.76. The van der Waals surface area contributed by atoms with Gasteiger partial charge in [0, 0.05) is 18.2 Å². The van der Waals surface area contributed by atoms with Crippen molar-refractivity contribution in [1.29, 1.82) is 0 Å². The Labute approximate surface area is 160 Å². The lowest BCUT2D eigenvalue weighted by atomic mass is 10.0. The van der Waals surface area contributed by atoms with Gasteiger partial charge in [0.1, 0.15) is 0 Å². The highest BCUT2D eigenvalue weighted by atomic mass is 16.2. The van der Waals surface area contributed by atoms with Crippen molar-refractivity contribution in [3.63, 3.8) is 0 Å². The molecule has 1 unspecified atom stereocenters. The molecule has 0 bridgehead atoms. The fourth-order valence-corrected chi connectivity index (χ4v) is 3.65. The molecule has 1 fully saturated rings. The number of benzene rings is 2. The first-order chi connectivity index (χ1) is 13.0. The summed E-state index contributed by atoms with van der Waals surface area (Å²) in [7, 11) is 2.15. The Morgan fingerprint density at radius 1 is 1.15 bits per heavy atom. The van der Waals surface area contributed by atoms with E-state index in [-0.39, 0.29) is 18.2 Å². The van der Waals surface area contributed by atoms with Crippen molar-refractivity contribution in [1.82, 2.24) is 10.2 Å². The van der Waals surface area contributed by atoms with E-state index in [4.69, 9.17) is 5.73 Å². The Morgan fingerprint density at radius 3 is 2.59 bits per heavy atom. The summed E-state index contributed by atoms with van der Waals surface area (Å²) in [4.78, 5) is 25.9. The van der Waals surface area contributed by atoms with Crippen LogP contribution in [0.4, 0.5) is 0 Å². The lowest BCUT2D eigenvalue weighted by Crippen LogP contribution is -2.31. The van der Waals surface area contributed by atoms with E-state index in [2.05, 4.69) is 17.3 Å². The van der Waals surface area contributed by atoms with E-state index >= 15 is 0 Å². The van der Waals surface area contributed by atoms with Gasteiger partial charge < -0.3 is 16.0 Å². The first kappa shape index (κ1) is 19.1. The maximum atomic E-state index is 12.5. The number of amides is 2. The number of hydrogen-bond donors (Lipinski definition) is 2. The number of primary amides is 1. The molecule has 3 N–H and O–H groups in total. The number of nitrogens with zero attached hydrogens (tertiary/aromatic N) is 1. The highest BCUT2D eigenvalue weighted by Crippen LogP contribution is 2.21. The van der Waals surface area contributed by atoms with Gasteiger partial charge in [-0.2, -0.15) is 0 Å². The van der Waals surface area contributed by atoms with Crippen LogP contribution in [-0.2, 0) is 11.2 Å². The molecule has 5 heteroatoms. The van der Waals surface area contributed by atoms with Crippen molar-refractivity contribution >= 4 is 11.8 Å². The molecule has 5 nitrogen and oxygen atoms in total. The number of nitrogens with one attached hydrogen (secondary N) is 1. The summed E-state index contributed by atoms with van der Waals surface area (Å²) in [6.07, 6.45) is 3.69. The molecule has 1 atom stereocenters. The number of rotatable bonds is 7. The average Bonchev–Trinajstić information content (AvgIpc) is 3.07. The van der Waals surface area contributed by atoms with Crippen LogP contribution in [-0.4, -0.2) is 42.9 Å². The molecule has 3 rings (SSSR count). The van der Waals surface area contributed by atoms with E-state index in [1.165, 1.54) is 12.8 Å². The van der Waals surface area contributed by atoms with Gasteiger partial charge in [-0.05, 0) is 61.7 Å². The van der Waals surface area contributed by atoms with Crippen LogP contribution in [0.3, 0.4) is 0 Å². The maximum Gasteiger partial charge on any atom is 0.251 e. The van der Waals surface area contributed by atoms with Gasteiger partial charge in [-0.15, -0.1) is 0 Å². The zero-order chi connectivity index (χ0) is 19.2. The summed E-state index contributed by atoms with van der Waals surface area (Å²) in [5.74, 6) is -0.381. The summed E-state index contributed by atoms with van der Waals surface area (Å²) in [6.45, 7) is 1.85. The first-order valence-electron chi connectivity index (χ1n) is 9.49. The zero-order valence-electron chi connectivity index (χ0n) is 15.8. The average molecular weight is 365 g/mol. The molecule has 2 amide bonds. The monoisotopic (exact) mass is 365 g/mol. The second-order valence-corrected chi connectivity index (χ2v) is 7.24. The number of carbonyl (C=O) groups excluding carboxylic acids is 2. The summed E-state index contributed by atoms with van der Waals surface area (Å²) in [5, 5.41) is 3.04. The Morgan fingerprint density at radius 2 is 1.93 bits per heavy atom. The molecule has 2 aromatic carbocycles. The molecule has 0 spiro atoms. The topological polar surface area (TPSA) is 75.4 Å². The third-order valence-corrected chi connectivity index (χ3v) is 5.23.